The van der Waals surface area contributed by atoms with E-state index in [1.165, 1.54) is 33.2 Å². The Bertz CT molecular complexity index is 1390. The predicted octanol–water partition coefficient (Wildman–Crippen LogP) is 8.18. The molecule has 2 heterocycles. The lowest BCUT2D eigenvalue weighted by molar-refractivity contribution is 0.414. The van der Waals surface area contributed by atoms with E-state index in [0.29, 0.717) is 0 Å². The third kappa shape index (κ3) is 3.69. The first-order valence-electron chi connectivity index (χ1n) is 12.0. The first-order valence-corrected chi connectivity index (χ1v) is 12.0. The van der Waals surface area contributed by atoms with Crippen LogP contribution in [0.4, 0.5) is 0 Å². The van der Waals surface area contributed by atoms with Crippen LogP contribution in [0.5, 0.6) is 5.75 Å². The van der Waals surface area contributed by atoms with E-state index in [-0.39, 0.29) is 10.8 Å². The normalized spacial score (nSPS) is 12.6. The number of hydrogen-bond acceptors (Lipinski definition) is 1. The molecule has 3 aromatic carbocycles. The lowest BCUT2D eigenvalue weighted by Crippen LogP contribution is -2.18. The van der Waals surface area contributed by atoms with Crippen molar-refractivity contribution < 1.29 is 4.74 Å². The van der Waals surface area contributed by atoms with Gasteiger partial charge in [0.05, 0.1) is 29.5 Å². The van der Waals surface area contributed by atoms with Crippen LogP contribution in [0.15, 0.2) is 78.9 Å². The molecule has 2 aromatic heterocycles. The van der Waals surface area contributed by atoms with Crippen LogP contribution in [-0.4, -0.2) is 16.2 Å². The van der Waals surface area contributed by atoms with Crippen molar-refractivity contribution in [2.75, 3.05) is 7.11 Å². The predicted molar refractivity (Wildman–Crippen MR) is 144 cm³/mol. The van der Waals surface area contributed by atoms with Gasteiger partial charge in [-0.2, -0.15) is 0 Å². The summed E-state index contributed by atoms with van der Waals surface area (Å²) in [5.41, 5.74) is 7.16. The molecule has 5 aromatic rings. The van der Waals surface area contributed by atoms with Gasteiger partial charge in [0.1, 0.15) is 5.75 Å². The summed E-state index contributed by atoms with van der Waals surface area (Å²) >= 11 is 0. The van der Waals surface area contributed by atoms with Crippen molar-refractivity contribution in [3.63, 3.8) is 0 Å². The minimum atomic E-state index is -0.0149. The van der Waals surface area contributed by atoms with Crippen LogP contribution in [0.25, 0.3) is 33.2 Å². The SMILES string of the molecule is COc1cc(-n2c(C(C)(C)C)cc3ccccc32)cc(-n2c(C(C)(C)C)cc3ccccc32)c1. The number of nitrogens with zero attached hydrogens (tertiary/aromatic N) is 2. The molecule has 3 heteroatoms. The highest BCUT2D eigenvalue weighted by atomic mass is 16.5. The van der Waals surface area contributed by atoms with Crippen molar-refractivity contribution in [3.8, 4) is 17.1 Å². The molecule has 0 amide bonds. The molecular weight excluding hydrogens is 416 g/mol. The summed E-state index contributed by atoms with van der Waals surface area (Å²) < 4.78 is 10.6. The van der Waals surface area contributed by atoms with Crippen LogP contribution in [-0.2, 0) is 10.8 Å². The lowest BCUT2D eigenvalue weighted by atomic mass is 9.91. The molecule has 0 aliphatic rings. The standard InChI is InChI=1S/C31H34N2O/c1-30(2,3)28-16-21-12-8-10-14-26(21)32(28)23-18-24(20-25(19-23)34-7)33-27-15-11-9-13-22(27)17-29(33)31(4,5)6/h8-20H,1-7H3. The Labute approximate surface area is 202 Å². The topological polar surface area (TPSA) is 19.1 Å². The minimum Gasteiger partial charge on any atom is -0.497 e. The maximum absolute atomic E-state index is 5.84. The van der Waals surface area contributed by atoms with Crippen LogP contribution >= 0.6 is 0 Å². The van der Waals surface area contributed by atoms with Gasteiger partial charge in [-0.1, -0.05) is 77.9 Å². The number of benzene rings is 3. The second kappa shape index (κ2) is 7.80. The van der Waals surface area contributed by atoms with Crippen LogP contribution in [0.2, 0.25) is 0 Å². The Balaban J connectivity index is 1.85. The van der Waals surface area contributed by atoms with E-state index in [1.807, 2.05) is 0 Å². The molecule has 0 unspecified atom stereocenters. The van der Waals surface area contributed by atoms with Crippen LogP contribution in [0.3, 0.4) is 0 Å². The fourth-order valence-electron chi connectivity index (χ4n) is 4.91. The molecule has 3 nitrogen and oxygen atoms in total. The molecule has 5 rings (SSSR count). The first-order chi connectivity index (χ1) is 16.1. The van der Waals surface area contributed by atoms with Gasteiger partial charge >= 0.3 is 0 Å². The molecule has 0 spiro atoms. The Hall–Kier alpha value is -3.46. The average Bonchev–Trinajstić information content (AvgIpc) is 3.38. The molecule has 34 heavy (non-hydrogen) atoms. The molecule has 0 aliphatic carbocycles. The highest BCUT2D eigenvalue weighted by molar-refractivity contribution is 5.86. The summed E-state index contributed by atoms with van der Waals surface area (Å²) in [6.07, 6.45) is 0. The maximum Gasteiger partial charge on any atom is 0.123 e. The molecule has 0 saturated carbocycles. The summed E-state index contributed by atoms with van der Waals surface area (Å²) in [5.74, 6) is 0.850. The smallest absolute Gasteiger partial charge is 0.123 e. The fraction of sp³-hybridized carbons (Fsp3) is 0.290. The van der Waals surface area contributed by atoms with Crippen molar-refractivity contribution in [2.24, 2.45) is 0 Å². The van der Waals surface area contributed by atoms with Crippen LogP contribution in [0.1, 0.15) is 52.9 Å². The number of aromatic nitrogens is 2. The second-order valence-corrected chi connectivity index (χ2v) is 11.2. The van der Waals surface area contributed by atoms with Crippen LogP contribution < -0.4 is 4.74 Å². The highest BCUT2D eigenvalue weighted by Gasteiger charge is 2.25. The summed E-state index contributed by atoms with van der Waals surface area (Å²) in [6.45, 7) is 13.6. The van der Waals surface area contributed by atoms with Crippen molar-refractivity contribution in [2.45, 2.75) is 52.4 Å². The van der Waals surface area contributed by atoms with Gasteiger partial charge in [-0.15, -0.1) is 0 Å². The third-order valence-electron chi connectivity index (χ3n) is 6.59. The van der Waals surface area contributed by atoms with Crippen molar-refractivity contribution >= 4 is 21.8 Å². The zero-order chi connectivity index (χ0) is 24.3. The molecule has 174 valence electrons. The van der Waals surface area contributed by atoms with E-state index in [1.54, 1.807) is 7.11 Å². The molecule has 0 bridgehead atoms. The molecular formula is C31H34N2O. The molecule has 0 N–H and O–H groups in total. The minimum absolute atomic E-state index is 0.0149. The summed E-state index contributed by atoms with van der Waals surface area (Å²) in [5, 5.41) is 2.50. The number of ether oxygens (including phenoxy) is 1. The van der Waals surface area contributed by atoms with E-state index < -0.39 is 0 Å². The van der Waals surface area contributed by atoms with E-state index >= 15 is 0 Å². The van der Waals surface area contributed by atoms with Crippen molar-refractivity contribution in [1.29, 1.82) is 0 Å². The van der Waals surface area contributed by atoms with Crippen molar-refractivity contribution in [3.05, 3.63) is 90.3 Å². The fourth-order valence-corrected chi connectivity index (χ4v) is 4.91. The Morgan fingerprint density at radius 1 is 0.559 bits per heavy atom. The Kier molecular flexibility index (Phi) is 5.12. The quantitative estimate of drug-likeness (QED) is 0.271. The van der Waals surface area contributed by atoms with Gasteiger partial charge in [-0.25, -0.2) is 0 Å². The zero-order valence-corrected chi connectivity index (χ0v) is 21.3. The van der Waals surface area contributed by atoms with Gasteiger partial charge in [0.25, 0.3) is 0 Å². The molecule has 0 fully saturated rings. The highest BCUT2D eigenvalue weighted by Crippen LogP contribution is 2.37. The van der Waals surface area contributed by atoms with Gasteiger partial charge in [0, 0.05) is 45.1 Å². The molecule has 0 radical (unpaired) electrons. The van der Waals surface area contributed by atoms with Gasteiger partial charge < -0.3 is 13.9 Å². The largest absolute Gasteiger partial charge is 0.497 e. The molecule has 0 aliphatic heterocycles. The monoisotopic (exact) mass is 450 g/mol. The molecule has 0 atom stereocenters. The summed E-state index contributed by atoms with van der Waals surface area (Å²) in [4.78, 5) is 0. The third-order valence-corrected chi connectivity index (χ3v) is 6.59. The number of hydrogen-bond donors (Lipinski definition) is 0. The van der Waals surface area contributed by atoms with E-state index in [0.717, 1.165) is 17.1 Å². The number of methoxy groups -OCH3 is 1. The van der Waals surface area contributed by atoms with Crippen LogP contribution in [0, 0.1) is 0 Å². The first kappa shape index (κ1) is 22.3. The van der Waals surface area contributed by atoms with Crippen molar-refractivity contribution in [1.82, 2.24) is 9.13 Å². The summed E-state index contributed by atoms with van der Waals surface area (Å²) in [7, 11) is 1.75. The number of fused-ring (bicyclic) bond motifs is 2. The van der Waals surface area contributed by atoms with Gasteiger partial charge in [-0.05, 0) is 30.3 Å². The number of rotatable bonds is 3. The zero-order valence-electron chi connectivity index (χ0n) is 21.3. The van der Waals surface area contributed by atoms with E-state index in [9.17, 15) is 0 Å². The van der Waals surface area contributed by atoms with E-state index in [2.05, 4.69) is 130 Å². The lowest BCUT2D eigenvalue weighted by Gasteiger charge is -2.25. The summed E-state index contributed by atoms with van der Waals surface area (Å²) in [6, 6.07) is 28.5. The van der Waals surface area contributed by atoms with Gasteiger partial charge in [-0.3, -0.25) is 0 Å². The van der Waals surface area contributed by atoms with Gasteiger partial charge in [0.15, 0.2) is 0 Å². The van der Waals surface area contributed by atoms with E-state index in [4.69, 9.17) is 4.74 Å². The second-order valence-electron chi connectivity index (χ2n) is 11.2. The Morgan fingerprint density at radius 2 is 0.971 bits per heavy atom. The molecule has 0 saturated heterocycles. The number of para-hydroxylation sites is 2. The Morgan fingerprint density at radius 3 is 1.35 bits per heavy atom. The maximum atomic E-state index is 5.84. The average molecular weight is 451 g/mol. The van der Waals surface area contributed by atoms with Gasteiger partial charge in [0.2, 0.25) is 0 Å².